The van der Waals surface area contributed by atoms with Crippen molar-refractivity contribution in [1.82, 2.24) is 4.42 Å². The van der Waals surface area contributed by atoms with Crippen LogP contribution in [0.2, 0.25) is 0 Å². The van der Waals surface area contributed by atoms with Crippen LogP contribution < -0.4 is 4.74 Å². The summed E-state index contributed by atoms with van der Waals surface area (Å²) in [4.78, 5) is 0. The molecule has 0 N–H and O–H groups in total. The van der Waals surface area contributed by atoms with Crippen LogP contribution >= 0.6 is 11.8 Å². The lowest BCUT2D eigenvalue weighted by atomic mass is 10.2. The van der Waals surface area contributed by atoms with Crippen molar-refractivity contribution in [1.29, 1.82) is 0 Å². The van der Waals surface area contributed by atoms with E-state index in [-0.39, 0.29) is 6.10 Å². The largest absolute Gasteiger partial charge is 0.488 e. The van der Waals surface area contributed by atoms with Gasteiger partial charge in [0, 0.05) is 0 Å². The minimum atomic E-state index is 0.268. The number of ether oxygens (including phenoxy) is 1. The lowest BCUT2D eigenvalue weighted by molar-refractivity contribution is 0.0784. The predicted molar refractivity (Wildman–Crippen MR) is 48.3 cm³/mol. The van der Waals surface area contributed by atoms with E-state index in [4.69, 9.17) is 16.5 Å². The van der Waals surface area contributed by atoms with Crippen LogP contribution in [0, 0.1) is 0 Å². The van der Waals surface area contributed by atoms with Gasteiger partial charge < -0.3 is 4.74 Å². The second kappa shape index (κ2) is 3.33. The molecule has 64 valence electrons. The van der Waals surface area contributed by atoms with Gasteiger partial charge in [0.25, 0.3) is 0 Å². The lowest BCUT2D eigenvalue weighted by Gasteiger charge is -2.33. The predicted octanol–water partition coefficient (Wildman–Crippen LogP) is 1.90. The summed E-state index contributed by atoms with van der Waals surface area (Å²) in [6, 6.07) is 9.81. The first-order valence-electron chi connectivity index (χ1n) is 3.97. The topological polar surface area (TPSA) is 12.5 Å². The molecule has 0 spiro atoms. The molecule has 0 bridgehead atoms. The minimum Gasteiger partial charge on any atom is -0.488 e. The summed E-state index contributed by atoms with van der Waals surface area (Å²) in [5.74, 6) is 0.923. The minimum absolute atomic E-state index is 0.268. The van der Waals surface area contributed by atoms with Crippen molar-refractivity contribution >= 4 is 11.8 Å². The number of hydrogen-bond acceptors (Lipinski definition) is 2. The summed E-state index contributed by atoms with van der Waals surface area (Å²) in [7, 11) is 0. The van der Waals surface area contributed by atoms with Crippen LogP contribution in [-0.4, -0.2) is 23.6 Å². The highest BCUT2D eigenvalue weighted by atomic mass is 35.5. The molecule has 1 aromatic rings. The van der Waals surface area contributed by atoms with Crippen molar-refractivity contribution in [3.63, 3.8) is 0 Å². The Hall–Kier alpha value is -0.730. The molecule has 0 unspecified atom stereocenters. The maximum Gasteiger partial charge on any atom is 0.127 e. The molecular weight excluding hydrogens is 174 g/mol. The second-order valence-corrected chi connectivity index (χ2v) is 3.36. The highest BCUT2D eigenvalue weighted by Crippen LogP contribution is 2.18. The van der Waals surface area contributed by atoms with Gasteiger partial charge in [-0.15, -0.1) is 0 Å². The van der Waals surface area contributed by atoms with Crippen LogP contribution in [0.1, 0.15) is 0 Å². The van der Waals surface area contributed by atoms with E-state index in [9.17, 15) is 0 Å². The van der Waals surface area contributed by atoms with E-state index in [2.05, 4.69) is 0 Å². The summed E-state index contributed by atoms with van der Waals surface area (Å²) in [5, 5.41) is 0. The van der Waals surface area contributed by atoms with Gasteiger partial charge in [0.15, 0.2) is 0 Å². The molecule has 2 rings (SSSR count). The van der Waals surface area contributed by atoms with Crippen LogP contribution in [0.4, 0.5) is 0 Å². The number of halogens is 1. The van der Waals surface area contributed by atoms with Crippen molar-refractivity contribution in [2.45, 2.75) is 6.10 Å². The van der Waals surface area contributed by atoms with Gasteiger partial charge in [-0.2, -0.15) is 0 Å². The molecule has 0 aromatic heterocycles. The first-order valence-corrected chi connectivity index (χ1v) is 4.31. The molecular formula is C9H10ClNO. The fourth-order valence-corrected chi connectivity index (χ4v) is 1.46. The highest BCUT2D eigenvalue weighted by molar-refractivity contribution is 6.13. The van der Waals surface area contributed by atoms with Gasteiger partial charge in [-0.05, 0) is 23.9 Å². The molecule has 1 aliphatic rings. The number of rotatable bonds is 2. The Labute approximate surface area is 76.8 Å². The Morgan fingerprint density at radius 1 is 1.25 bits per heavy atom. The third-order valence-electron chi connectivity index (χ3n) is 1.85. The first kappa shape index (κ1) is 7.90. The summed E-state index contributed by atoms with van der Waals surface area (Å²) in [5.41, 5.74) is 0. The Morgan fingerprint density at radius 2 is 1.92 bits per heavy atom. The Morgan fingerprint density at radius 3 is 2.50 bits per heavy atom. The average molecular weight is 184 g/mol. The summed E-state index contributed by atoms with van der Waals surface area (Å²) < 4.78 is 7.31. The zero-order chi connectivity index (χ0) is 8.39. The molecule has 0 radical (unpaired) electrons. The molecule has 0 saturated carbocycles. The number of para-hydroxylation sites is 1. The normalized spacial score (nSPS) is 18.8. The van der Waals surface area contributed by atoms with Crippen LogP contribution in [0.25, 0.3) is 0 Å². The van der Waals surface area contributed by atoms with E-state index in [1.165, 1.54) is 0 Å². The van der Waals surface area contributed by atoms with Crippen molar-refractivity contribution in [2.75, 3.05) is 13.1 Å². The van der Waals surface area contributed by atoms with Gasteiger partial charge in [-0.3, -0.25) is 0 Å². The summed E-state index contributed by atoms with van der Waals surface area (Å²) in [6.07, 6.45) is 0.268. The van der Waals surface area contributed by atoms with E-state index in [1.807, 2.05) is 30.3 Å². The van der Waals surface area contributed by atoms with Crippen LogP contribution in [0.3, 0.4) is 0 Å². The first-order chi connectivity index (χ1) is 5.84. The molecule has 12 heavy (non-hydrogen) atoms. The SMILES string of the molecule is ClN1CC(Oc2ccccc2)C1. The van der Waals surface area contributed by atoms with Crippen molar-refractivity contribution in [3.8, 4) is 5.75 Å². The van der Waals surface area contributed by atoms with Gasteiger partial charge in [-0.1, -0.05) is 18.2 Å². The number of benzene rings is 1. The lowest BCUT2D eigenvalue weighted by Crippen LogP contribution is -2.48. The summed E-state index contributed by atoms with van der Waals surface area (Å²) in [6.45, 7) is 1.63. The summed E-state index contributed by atoms with van der Waals surface area (Å²) >= 11 is 5.66. The van der Waals surface area contributed by atoms with Crippen LogP contribution in [0.5, 0.6) is 5.75 Å². The maximum absolute atomic E-state index is 5.66. The highest BCUT2D eigenvalue weighted by Gasteiger charge is 2.26. The quantitative estimate of drug-likeness (QED) is 0.650. The fourth-order valence-electron chi connectivity index (χ4n) is 1.15. The third-order valence-corrected chi connectivity index (χ3v) is 2.13. The Bertz CT molecular complexity index is 246. The smallest absolute Gasteiger partial charge is 0.127 e. The molecule has 2 nitrogen and oxygen atoms in total. The van der Waals surface area contributed by atoms with Crippen molar-refractivity contribution in [2.24, 2.45) is 0 Å². The second-order valence-electron chi connectivity index (χ2n) is 2.88. The van der Waals surface area contributed by atoms with Gasteiger partial charge in [0.05, 0.1) is 13.1 Å². The molecule has 1 saturated heterocycles. The number of hydrogen-bond donors (Lipinski definition) is 0. The van der Waals surface area contributed by atoms with Crippen LogP contribution in [0.15, 0.2) is 30.3 Å². The molecule has 0 aliphatic carbocycles. The van der Waals surface area contributed by atoms with E-state index in [0.29, 0.717) is 0 Å². The van der Waals surface area contributed by atoms with E-state index >= 15 is 0 Å². The molecule has 1 aliphatic heterocycles. The molecule has 1 fully saturated rings. The average Bonchev–Trinajstić information content (AvgIpc) is 2.04. The number of nitrogens with zero attached hydrogens (tertiary/aromatic N) is 1. The molecule has 1 heterocycles. The van der Waals surface area contributed by atoms with Crippen molar-refractivity contribution < 1.29 is 4.74 Å². The zero-order valence-corrected chi connectivity index (χ0v) is 7.37. The van der Waals surface area contributed by atoms with Crippen molar-refractivity contribution in [3.05, 3.63) is 30.3 Å². The molecule has 3 heteroatoms. The van der Waals surface area contributed by atoms with Gasteiger partial charge >= 0.3 is 0 Å². The van der Waals surface area contributed by atoms with Gasteiger partial charge in [0.2, 0.25) is 0 Å². The fraction of sp³-hybridized carbons (Fsp3) is 0.333. The van der Waals surface area contributed by atoms with E-state index in [0.717, 1.165) is 18.8 Å². The van der Waals surface area contributed by atoms with Gasteiger partial charge in [-0.25, -0.2) is 4.42 Å². The third kappa shape index (κ3) is 1.71. The Kier molecular flexibility index (Phi) is 2.19. The Balaban J connectivity index is 1.88. The van der Waals surface area contributed by atoms with Gasteiger partial charge in [0.1, 0.15) is 11.9 Å². The maximum atomic E-state index is 5.66. The van der Waals surface area contributed by atoms with E-state index in [1.54, 1.807) is 4.42 Å². The molecule has 0 atom stereocenters. The molecule has 1 aromatic carbocycles. The monoisotopic (exact) mass is 183 g/mol. The van der Waals surface area contributed by atoms with E-state index < -0.39 is 0 Å². The standard InChI is InChI=1S/C9H10ClNO/c10-11-6-9(7-11)12-8-4-2-1-3-5-8/h1-5,9H,6-7H2. The van der Waals surface area contributed by atoms with Crippen LogP contribution in [-0.2, 0) is 0 Å². The molecule has 0 amide bonds. The zero-order valence-electron chi connectivity index (χ0n) is 6.61.